The van der Waals surface area contributed by atoms with Crippen LogP contribution in [-0.4, -0.2) is 70.7 Å². The van der Waals surface area contributed by atoms with E-state index < -0.39 is 126 Å². The number of alkyl halides is 8. The smallest absolute Gasteiger partial charge is 0.346 e. The third-order valence-electron chi connectivity index (χ3n) is 12.2. The number of carbonyl (C=O) groups excluding carboxylic acids is 1. The van der Waals surface area contributed by atoms with Crippen molar-refractivity contribution in [3.63, 3.8) is 0 Å². The van der Waals surface area contributed by atoms with Crippen molar-refractivity contribution < 1.29 is 65.5 Å². The molecule has 3 aliphatic carbocycles. The minimum absolute atomic E-state index is 0.0309. The molecule has 0 saturated heterocycles. The van der Waals surface area contributed by atoms with Gasteiger partial charge in [-0.2, -0.15) is 45.3 Å². The molecule has 8 rings (SSSR count). The van der Waals surface area contributed by atoms with Crippen LogP contribution in [0.5, 0.6) is 0 Å². The summed E-state index contributed by atoms with van der Waals surface area (Å²) in [5.74, 6) is -4.96. The van der Waals surface area contributed by atoms with Crippen molar-refractivity contribution in [3.05, 3.63) is 92.0 Å². The highest BCUT2D eigenvalue weighted by Gasteiger charge is 2.68. The molecule has 5 aromatic rings. The number of nitrogens with one attached hydrogen (secondary N) is 2. The van der Waals surface area contributed by atoms with Gasteiger partial charge in [0.15, 0.2) is 21.3 Å². The number of amides is 1. The molecule has 0 radical (unpaired) electrons. The zero-order valence-electron chi connectivity index (χ0n) is 36.0. The normalized spacial score (nSPS) is 18.3. The van der Waals surface area contributed by atoms with E-state index >= 15 is 8.78 Å². The number of sulfonamides is 1. The highest BCUT2D eigenvalue weighted by atomic mass is 35.5. The summed E-state index contributed by atoms with van der Waals surface area (Å²) in [6, 6.07) is 3.10. The zero-order chi connectivity index (χ0) is 49.8. The van der Waals surface area contributed by atoms with E-state index in [-0.39, 0.29) is 62.4 Å². The van der Waals surface area contributed by atoms with E-state index in [9.17, 15) is 56.8 Å². The minimum atomic E-state index is -5.19. The molecule has 364 valence electrons. The average Bonchev–Trinajstić information content (AvgIpc) is 3.72. The van der Waals surface area contributed by atoms with Crippen molar-refractivity contribution in [2.75, 3.05) is 17.2 Å². The average molecular weight is 1020 g/mol. The number of carbonyl (C=O) groups is 1. The third-order valence-corrected chi connectivity index (χ3v) is 15.0. The zero-order valence-corrected chi connectivity index (χ0v) is 38.4. The highest BCUT2D eigenvalue weighted by molar-refractivity contribution is 7.92. The third kappa shape index (κ3) is 9.36. The van der Waals surface area contributed by atoms with Crippen LogP contribution in [0.4, 0.5) is 49.7 Å². The van der Waals surface area contributed by atoms with E-state index in [1.54, 1.807) is 0 Å². The Bertz CT molecular complexity index is 3210. The molecule has 0 spiro atoms. The van der Waals surface area contributed by atoms with Crippen LogP contribution in [0.1, 0.15) is 90.1 Å². The Labute approximate surface area is 386 Å². The molecule has 2 N–H and O–H groups in total. The molecule has 1 saturated carbocycles. The topological polar surface area (TPSA) is 158 Å². The summed E-state index contributed by atoms with van der Waals surface area (Å²) in [4.78, 5) is 19.1. The van der Waals surface area contributed by atoms with Gasteiger partial charge in [0.1, 0.15) is 40.9 Å². The molecule has 0 unspecified atom stereocenters. The van der Waals surface area contributed by atoms with Crippen molar-refractivity contribution in [3.8, 4) is 23.0 Å². The summed E-state index contributed by atoms with van der Waals surface area (Å²) in [5.41, 5.74) is -3.82. The number of nitrogens with zero attached hydrogens (tertiary/aromatic N) is 5. The van der Waals surface area contributed by atoms with Crippen LogP contribution in [0.25, 0.3) is 22.0 Å². The number of benzene rings is 2. The Morgan fingerprint density at radius 2 is 1.60 bits per heavy atom. The van der Waals surface area contributed by atoms with Crippen molar-refractivity contribution in [2.24, 2.45) is 5.92 Å². The predicted molar refractivity (Wildman–Crippen MR) is 228 cm³/mol. The summed E-state index contributed by atoms with van der Waals surface area (Å²) in [6.45, 7) is -0.423. The Balaban J connectivity index is 1.41. The van der Waals surface area contributed by atoms with Gasteiger partial charge in [0.05, 0.1) is 33.9 Å². The largest absolute Gasteiger partial charge is 0.435 e. The number of hydrogen-bond acceptors (Lipinski definition) is 8. The van der Waals surface area contributed by atoms with Crippen molar-refractivity contribution >= 4 is 54.1 Å². The second-order valence-electron chi connectivity index (χ2n) is 17.7. The summed E-state index contributed by atoms with van der Waals surface area (Å²) in [7, 11) is -8.10. The van der Waals surface area contributed by atoms with Gasteiger partial charge in [0.2, 0.25) is 15.9 Å². The van der Waals surface area contributed by atoms with Gasteiger partial charge in [-0.3, -0.25) is 18.9 Å². The standard InChI is InChI=1S/C43H38ClF10N7O5S2/c1-40(2,67(3,63)64)12-11-29-23-7-5-6-8-24(23)32(25-9-10-28(44)34-36(25)61(19-41(47,48)49)58-39(34)59-68(4,65)66)35(56-29)30(15-20-13-21(45)16-22(46)14-20)55-31(62)18-60-38-33(37(57-60)43(52,53)54)26-17-27(26)42(38,50)51/h9-10,13-14,16,26-27,30H,5-8,15,17-19H2,1-4H3,(H,55,62)(H,58,59)/t26-,27+,30-/m0/s1. The minimum Gasteiger partial charge on any atom is -0.346 e. The van der Waals surface area contributed by atoms with E-state index in [0.717, 1.165) is 24.6 Å². The lowest BCUT2D eigenvalue weighted by atomic mass is 9.82. The first kappa shape index (κ1) is 49.0. The number of aromatic nitrogens is 5. The van der Waals surface area contributed by atoms with Crippen LogP contribution in [-0.2, 0) is 69.1 Å². The van der Waals surface area contributed by atoms with Gasteiger partial charge in [-0.25, -0.2) is 30.6 Å². The lowest BCUT2D eigenvalue weighted by molar-refractivity contribution is -0.142. The Kier molecular flexibility index (Phi) is 12.0. The van der Waals surface area contributed by atoms with E-state index in [2.05, 4.69) is 32.1 Å². The number of halogens is 11. The van der Waals surface area contributed by atoms with Crippen molar-refractivity contribution in [2.45, 2.75) is 100 Å². The van der Waals surface area contributed by atoms with Gasteiger partial charge in [-0.15, -0.1) is 0 Å². The second-order valence-corrected chi connectivity index (χ2v) is 22.4. The number of rotatable bonds is 11. The maximum atomic E-state index is 15.6. The molecule has 3 heterocycles. The fourth-order valence-electron chi connectivity index (χ4n) is 8.96. The van der Waals surface area contributed by atoms with Crippen LogP contribution in [0.2, 0.25) is 5.02 Å². The molecule has 1 fully saturated rings. The van der Waals surface area contributed by atoms with E-state index in [0.29, 0.717) is 34.7 Å². The molecule has 3 aliphatic rings. The molecule has 25 heteroatoms. The van der Waals surface area contributed by atoms with Gasteiger partial charge in [-0.1, -0.05) is 23.6 Å². The molecular weight excluding hydrogens is 984 g/mol. The van der Waals surface area contributed by atoms with Crippen LogP contribution in [0.3, 0.4) is 0 Å². The number of sulfone groups is 1. The molecule has 2 aromatic carbocycles. The Morgan fingerprint density at radius 1 is 0.956 bits per heavy atom. The van der Waals surface area contributed by atoms with Gasteiger partial charge >= 0.3 is 12.4 Å². The monoisotopic (exact) mass is 1020 g/mol. The maximum absolute atomic E-state index is 15.6. The molecule has 3 atom stereocenters. The number of fused-ring (bicyclic) bond motifs is 5. The lowest BCUT2D eigenvalue weighted by Crippen LogP contribution is -2.35. The molecule has 3 aromatic heterocycles. The van der Waals surface area contributed by atoms with E-state index in [1.165, 1.54) is 26.0 Å². The summed E-state index contributed by atoms with van der Waals surface area (Å²) >= 11 is 6.60. The fourth-order valence-corrected chi connectivity index (χ4v) is 9.93. The van der Waals surface area contributed by atoms with Crippen LogP contribution in [0, 0.1) is 29.4 Å². The number of pyridine rings is 1. The van der Waals surface area contributed by atoms with Crippen molar-refractivity contribution in [1.29, 1.82) is 0 Å². The lowest BCUT2D eigenvalue weighted by Gasteiger charge is -2.28. The first-order chi connectivity index (χ1) is 31.3. The van der Waals surface area contributed by atoms with Crippen molar-refractivity contribution in [1.82, 2.24) is 29.9 Å². The predicted octanol–water partition coefficient (Wildman–Crippen LogP) is 8.54. The van der Waals surface area contributed by atoms with E-state index in [4.69, 9.17) is 16.6 Å². The van der Waals surface area contributed by atoms with Crippen LogP contribution >= 0.6 is 11.6 Å². The Hall–Kier alpha value is -5.41. The summed E-state index contributed by atoms with van der Waals surface area (Å²) in [6.07, 6.45) is -8.09. The summed E-state index contributed by atoms with van der Waals surface area (Å²) in [5, 5.41) is 9.35. The molecule has 1 amide bonds. The quantitative estimate of drug-likeness (QED) is 0.0985. The first-order valence-electron chi connectivity index (χ1n) is 20.7. The maximum Gasteiger partial charge on any atom is 0.435 e. The second kappa shape index (κ2) is 16.6. The molecule has 0 bridgehead atoms. The fraction of sp³-hybridized carbons (Fsp3) is 0.442. The Morgan fingerprint density at radius 3 is 2.21 bits per heavy atom. The SMILES string of the molecule is CC(C)(C#Cc1nc([C@H](Cc2cc(F)cc(F)c2)NC(=O)Cn2nc(C(F)(F)F)c3c2C(F)(F)[C@@H]2C[C@H]32)c(-c2ccc(Cl)c3c(NS(C)(=O)=O)nn(CC(F)(F)F)c23)c2c1CCCC2)S(C)(=O)=O. The molecule has 0 aliphatic heterocycles. The molecular formula is C43H38ClF10N7O5S2. The molecule has 68 heavy (non-hydrogen) atoms. The molecule has 12 nitrogen and oxygen atoms in total. The highest BCUT2D eigenvalue weighted by Crippen LogP contribution is 2.68. The number of anilines is 1. The van der Waals surface area contributed by atoms with Gasteiger partial charge in [0, 0.05) is 34.9 Å². The van der Waals surface area contributed by atoms with Gasteiger partial charge in [0.25, 0.3) is 5.92 Å². The van der Waals surface area contributed by atoms with Gasteiger partial charge < -0.3 is 5.32 Å². The van der Waals surface area contributed by atoms with Crippen LogP contribution < -0.4 is 10.0 Å². The summed E-state index contributed by atoms with van der Waals surface area (Å²) < 4.78 is 199. The number of hydrogen-bond donors (Lipinski definition) is 2. The van der Waals surface area contributed by atoms with E-state index in [1.807, 2.05) is 0 Å². The van der Waals surface area contributed by atoms with Gasteiger partial charge in [-0.05, 0) is 99.1 Å². The first-order valence-corrected chi connectivity index (χ1v) is 24.8. The van der Waals surface area contributed by atoms with Crippen LogP contribution in [0.15, 0.2) is 30.3 Å².